The highest BCUT2D eigenvalue weighted by atomic mass is 35.5. The first kappa shape index (κ1) is 46.9. The van der Waals surface area contributed by atoms with Gasteiger partial charge in [0.15, 0.2) is 0 Å². The normalized spacial score (nSPS) is 15.0. The van der Waals surface area contributed by atoms with Crippen molar-refractivity contribution in [1.82, 2.24) is 30.1 Å². The van der Waals surface area contributed by atoms with Gasteiger partial charge in [-0.3, -0.25) is 15.0 Å². The molecule has 3 aliphatic rings. The second kappa shape index (κ2) is 22.7. The second-order valence-corrected chi connectivity index (χ2v) is 13.2. The van der Waals surface area contributed by atoms with Gasteiger partial charge in [0.2, 0.25) is 0 Å². The summed E-state index contributed by atoms with van der Waals surface area (Å²) in [6, 6.07) is 10.7. The maximum absolute atomic E-state index is 11.7. The highest BCUT2D eigenvalue weighted by Gasteiger charge is 2.35. The van der Waals surface area contributed by atoms with Crippen molar-refractivity contribution in [3.05, 3.63) is 73.6 Å². The van der Waals surface area contributed by atoms with E-state index in [2.05, 4.69) is 20.3 Å². The Morgan fingerprint density at radius 1 is 0.706 bits per heavy atom. The van der Waals surface area contributed by atoms with E-state index >= 15 is 0 Å². The molecule has 0 radical (unpaired) electrons. The zero-order chi connectivity index (χ0) is 35.2. The third-order valence-corrected chi connectivity index (χ3v) is 6.28. The van der Waals surface area contributed by atoms with Crippen LogP contribution >= 0.6 is 24.8 Å². The number of aliphatic hydroxyl groups is 1. The largest absolute Gasteiger partial charge is 0.506 e. The summed E-state index contributed by atoms with van der Waals surface area (Å²) >= 11 is 0. The van der Waals surface area contributed by atoms with Gasteiger partial charge in [-0.25, -0.2) is 9.59 Å². The predicted molar refractivity (Wildman–Crippen MR) is 199 cm³/mol. The van der Waals surface area contributed by atoms with E-state index in [0.29, 0.717) is 32.3 Å². The number of amides is 2. The van der Waals surface area contributed by atoms with E-state index in [1.165, 1.54) is 11.1 Å². The van der Waals surface area contributed by atoms with Gasteiger partial charge in [-0.2, -0.15) is 0 Å². The minimum absolute atomic E-state index is 0. The van der Waals surface area contributed by atoms with Crippen molar-refractivity contribution in [2.24, 2.45) is 0 Å². The number of carbonyl (C=O) groups excluding carboxylic acids is 2. The number of pyridine rings is 3. The van der Waals surface area contributed by atoms with Crippen LogP contribution in [0.3, 0.4) is 0 Å². The molecule has 16 heteroatoms. The number of rotatable bonds is 4. The molecule has 0 spiro atoms. The lowest BCUT2D eigenvalue weighted by Crippen LogP contribution is -2.57. The number of aliphatic hydroxyl groups excluding tert-OH is 1. The van der Waals surface area contributed by atoms with Gasteiger partial charge in [-0.1, -0.05) is 7.43 Å². The summed E-state index contributed by atoms with van der Waals surface area (Å²) in [5.74, 6) is 1.80. The van der Waals surface area contributed by atoms with Gasteiger partial charge in [0.05, 0.1) is 50.9 Å². The Bertz CT molecular complexity index is 1370. The lowest BCUT2D eigenvalue weighted by Gasteiger charge is -2.39. The first-order valence-corrected chi connectivity index (χ1v) is 15.7. The van der Waals surface area contributed by atoms with Gasteiger partial charge in [0.25, 0.3) is 0 Å². The van der Waals surface area contributed by atoms with Crippen LogP contribution in [-0.4, -0.2) is 116 Å². The van der Waals surface area contributed by atoms with Gasteiger partial charge in [0.1, 0.15) is 40.7 Å². The molecule has 0 bridgehead atoms. The molecule has 0 aromatic carbocycles. The number of aromatic hydroxyl groups is 1. The summed E-state index contributed by atoms with van der Waals surface area (Å²) in [4.78, 5) is 37.5. The van der Waals surface area contributed by atoms with Crippen molar-refractivity contribution < 1.29 is 38.7 Å². The molecule has 3 saturated heterocycles. The molecule has 0 saturated carbocycles. The fourth-order valence-corrected chi connectivity index (χ4v) is 3.84. The lowest BCUT2D eigenvalue weighted by molar-refractivity contribution is -0.0303. The summed E-state index contributed by atoms with van der Waals surface area (Å²) < 4.78 is 21.5. The highest BCUT2D eigenvalue weighted by molar-refractivity contribution is 5.85. The van der Waals surface area contributed by atoms with E-state index in [0.717, 1.165) is 24.6 Å². The summed E-state index contributed by atoms with van der Waals surface area (Å²) in [5, 5.41) is 20.6. The molecule has 3 aromatic rings. The quantitative estimate of drug-likeness (QED) is 0.312. The number of ether oxygens (including phenoxy) is 4. The molecule has 0 aliphatic carbocycles. The van der Waals surface area contributed by atoms with Crippen LogP contribution in [0.1, 0.15) is 49.0 Å². The fourth-order valence-electron chi connectivity index (χ4n) is 3.84. The average molecular weight is 758 g/mol. The topological polar surface area (TPSA) is 169 Å². The Kier molecular flexibility index (Phi) is 20.8. The third kappa shape index (κ3) is 19.2. The second-order valence-electron chi connectivity index (χ2n) is 13.2. The molecule has 3 N–H and O–H groups in total. The van der Waals surface area contributed by atoms with Gasteiger partial charge >= 0.3 is 12.2 Å². The monoisotopic (exact) mass is 756 g/mol. The molecule has 6 heterocycles. The maximum Gasteiger partial charge on any atom is 0.410 e. The molecule has 2 amide bonds. The number of hydrogen-bond acceptors (Lipinski definition) is 12. The van der Waals surface area contributed by atoms with Crippen LogP contribution in [0, 0.1) is 0 Å². The Hall–Kier alpha value is -4.11. The molecule has 6 rings (SSSR count). The molecular formula is C35H54Cl2N6O8. The van der Waals surface area contributed by atoms with Crippen molar-refractivity contribution in [2.75, 3.05) is 39.3 Å². The predicted octanol–water partition coefficient (Wildman–Crippen LogP) is 5.38. The minimum Gasteiger partial charge on any atom is -0.506 e. The van der Waals surface area contributed by atoms with Crippen LogP contribution in [0.4, 0.5) is 9.59 Å². The molecule has 51 heavy (non-hydrogen) atoms. The number of aromatic nitrogens is 3. The van der Waals surface area contributed by atoms with E-state index < -0.39 is 11.2 Å². The number of halogens is 2. The Morgan fingerprint density at radius 2 is 1.12 bits per heavy atom. The van der Waals surface area contributed by atoms with Gasteiger partial charge < -0.3 is 44.3 Å². The Balaban J connectivity index is 0.000000671. The molecular weight excluding hydrogens is 703 g/mol. The van der Waals surface area contributed by atoms with Crippen LogP contribution in [-0.2, 0) is 9.47 Å². The summed E-state index contributed by atoms with van der Waals surface area (Å²) in [6.07, 6.45) is 9.22. The first-order chi connectivity index (χ1) is 22.7. The molecule has 0 atom stereocenters. The standard InChI is InChI=1S/C13H18N2O3.C8H10N2O.C8H15NO3.C5H5NO.CH4.2ClH/c1-13(2,3)18-12(16)15-8-11(9-15)17-10-5-4-6-14-7-10;1-2-7(4-9-3-1)11-8-5-10-6-8;1-8(2,3)12-7(11)9-4-6(10)5-9;7-5-2-1-3-6-4-5;;;/h4-7,11H,8-9H2,1-3H3;1-4,8,10H,5-6H2;6,10H,4-5H2,1-3H3;1-4,7H;1H4;2*1H. The average Bonchev–Trinajstić information content (AvgIpc) is 2.96. The summed E-state index contributed by atoms with van der Waals surface area (Å²) in [6.45, 7) is 14.8. The van der Waals surface area contributed by atoms with E-state index in [4.69, 9.17) is 29.2 Å². The van der Waals surface area contributed by atoms with Gasteiger partial charge in [-0.15, -0.1) is 24.8 Å². The van der Waals surface area contributed by atoms with Crippen LogP contribution in [0.25, 0.3) is 0 Å². The van der Waals surface area contributed by atoms with Crippen molar-refractivity contribution in [3.63, 3.8) is 0 Å². The Morgan fingerprint density at radius 3 is 1.41 bits per heavy atom. The van der Waals surface area contributed by atoms with E-state index in [1.807, 2.05) is 65.8 Å². The zero-order valence-electron chi connectivity index (χ0n) is 29.3. The number of nitrogens with zero attached hydrogens (tertiary/aromatic N) is 5. The van der Waals surface area contributed by atoms with E-state index in [9.17, 15) is 9.59 Å². The SMILES string of the molecule is C.CC(C)(C)OC(=O)N1CC(O)C1.CC(C)(C)OC(=O)N1CC(Oc2cccnc2)C1.Cl.Cl.Oc1cccnc1.c1cncc(OC2CNC2)c1. The maximum atomic E-state index is 11.7. The van der Waals surface area contributed by atoms with Crippen molar-refractivity contribution in [1.29, 1.82) is 0 Å². The third-order valence-electron chi connectivity index (χ3n) is 6.28. The van der Waals surface area contributed by atoms with Gasteiger partial charge in [-0.05, 0) is 77.9 Å². The molecule has 0 unspecified atom stereocenters. The number of likely N-dealkylation sites (tertiary alicyclic amines) is 2. The molecule has 286 valence electrons. The van der Waals surface area contributed by atoms with Gasteiger partial charge in [0, 0.05) is 31.7 Å². The first-order valence-electron chi connectivity index (χ1n) is 15.7. The van der Waals surface area contributed by atoms with Crippen LogP contribution in [0.15, 0.2) is 73.6 Å². The van der Waals surface area contributed by atoms with Crippen molar-refractivity contribution in [3.8, 4) is 17.2 Å². The fraction of sp³-hybridized carbons (Fsp3) is 0.514. The number of carbonyl (C=O) groups is 2. The number of β-amino-alcohol motifs (C(OH)–C–C–N with tert-alkyl or cyclic N) is 1. The molecule has 3 fully saturated rings. The van der Waals surface area contributed by atoms with Crippen molar-refractivity contribution in [2.45, 2.75) is 78.5 Å². The van der Waals surface area contributed by atoms with Crippen molar-refractivity contribution >= 4 is 37.0 Å². The summed E-state index contributed by atoms with van der Waals surface area (Å²) in [7, 11) is 0. The molecule has 14 nitrogen and oxygen atoms in total. The minimum atomic E-state index is -0.452. The van der Waals surface area contributed by atoms with Crippen LogP contribution < -0.4 is 14.8 Å². The molecule has 3 aromatic heterocycles. The molecule has 3 aliphatic heterocycles. The summed E-state index contributed by atoms with van der Waals surface area (Å²) in [5.41, 5.74) is -0.899. The highest BCUT2D eigenvalue weighted by Crippen LogP contribution is 2.20. The van der Waals surface area contributed by atoms with E-state index in [1.54, 1.807) is 48.0 Å². The number of nitrogens with one attached hydrogen (secondary N) is 1. The zero-order valence-corrected chi connectivity index (χ0v) is 30.9. The lowest BCUT2D eigenvalue weighted by atomic mass is 10.1. The number of hydrogen-bond donors (Lipinski definition) is 3. The van der Waals surface area contributed by atoms with E-state index in [-0.39, 0.29) is 62.4 Å². The Labute approximate surface area is 313 Å². The smallest absolute Gasteiger partial charge is 0.410 e. The van der Waals surface area contributed by atoms with Crippen LogP contribution in [0.2, 0.25) is 0 Å². The van der Waals surface area contributed by atoms with Crippen LogP contribution in [0.5, 0.6) is 17.2 Å².